The Morgan fingerprint density at radius 3 is 2.63 bits per heavy atom. The largest absolute Gasteiger partial charge is 0.361 e. The molecule has 0 saturated carbocycles. The molecule has 2 heterocycles. The molecule has 0 saturated heterocycles. The lowest BCUT2D eigenvalue weighted by atomic mass is 10.0. The highest BCUT2D eigenvalue weighted by Crippen LogP contribution is 2.22. The molecule has 0 bridgehead atoms. The highest BCUT2D eigenvalue weighted by atomic mass is 16.2. The first-order valence-electron chi connectivity index (χ1n) is 8.57. The number of hydrogen-bond donors (Lipinski definition) is 3. The van der Waals surface area contributed by atoms with Gasteiger partial charge in [-0.1, -0.05) is 24.3 Å². The van der Waals surface area contributed by atoms with Gasteiger partial charge in [0, 0.05) is 40.7 Å². The summed E-state index contributed by atoms with van der Waals surface area (Å²) in [7, 11) is 0. The van der Waals surface area contributed by atoms with Gasteiger partial charge < -0.3 is 15.3 Å². The third kappa shape index (κ3) is 2.96. The molecule has 0 aliphatic carbocycles. The molecule has 1 amide bonds. The molecule has 0 radical (unpaired) electrons. The van der Waals surface area contributed by atoms with Crippen molar-refractivity contribution in [1.29, 1.82) is 5.26 Å². The van der Waals surface area contributed by atoms with E-state index < -0.39 is 11.7 Å². The van der Waals surface area contributed by atoms with E-state index in [1.165, 1.54) is 6.20 Å². The number of aromatic amines is 2. The summed E-state index contributed by atoms with van der Waals surface area (Å²) >= 11 is 0. The molecule has 27 heavy (non-hydrogen) atoms. The molecule has 6 heteroatoms. The third-order valence-electron chi connectivity index (χ3n) is 4.63. The first-order chi connectivity index (χ1) is 13.2. The van der Waals surface area contributed by atoms with Gasteiger partial charge >= 0.3 is 0 Å². The van der Waals surface area contributed by atoms with Gasteiger partial charge in [-0.2, -0.15) is 5.26 Å². The second-order valence-corrected chi connectivity index (χ2v) is 6.24. The monoisotopic (exact) mass is 356 g/mol. The zero-order chi connectivity index (χ0) is 18.8. The molecule has 2 aromatic heterocycles. The van der Waals surface area contributed by atoms with Crippen molar-refractivity contribution in [2.75, 3.05) is 6.54 Å². The first kappa shape index (κ1) is 16.6. The number of Topliss-reactive ketones (excluding diaryl/α,β-unsaturated/α-hetero) is 1. The molecule has 0 atom stereocenters. The van der Waals surface area contributed by atoms with E-state index in [0.29, 0.717) is 29.4 Å². The minimum atomic E-state index is -0.677. The molecule has 0 aliphatic heterocycles. The Morgan fingerprint density at radius 1 is 1.00 bits per heavy atom. The number of nitriles is 1. The molecule has 2 aromatic carbocycles. The number of benzene rings is 2. The topological polar surface area (TPSA) is 102 Å². The van der Waals surface area contributed by atoms with Crippen molar-refractivity contribution < 1.29 is 9.59 Å². The lowest BCUT2D eigenvalue weighted by molar-refractivity contribution is -0.116. The van der Waals surface area contributed by atoms with Crippen LogP contribution >= 0.6 is 0 Å². The minimum absolute atomic E-state index is 0.215. The van der Waals surface area contributed by atoms with E-state index in [9.17, 15) is 14.9 Å². The standard InChI is InChI=1S/C21H16N4O2/c22-10-13-4-3-7-18-19(13)16(12-25-18)20(26)21(27)23-9-8-14-11-24-17-6-2-1-5-15(14)17/h1-7,11-12,24-25H,8-9H2,(H,23,27). The van der Waals surface area contributed by atoms with Crippen molar-refractivity contribution in [1.82, 2.24) is 15.3 Å². The van der Waals surface area contributed by atoms with Gasteiger partial charge in [0.2, 0.25) is 0 Å². The number of hydrogen-bond acceptors (Lipinski definition) is 3. The molecule has 4 aromatic rings. The van der Waals surface area contributed by atoms with E-state index in [0.717, 1.165) is 16.5 Å². The number of nitrogens with zero attached hydrogens (tertiary/aromatic N) is 1. The van der Waals surface area contributed by atoms with Crippen LogP contribution in [0.25, 0.3) is 21.8 Å². The summed E-state index contributed by atoms with van der Waals surface area (Å²) in [5.74, 6) is -1.33. The number of carbonyl (C=O) groups excluding carboxylic acids is 2. The number of fused-ring (bicyclic) bond motifs is 2. The van der Waals surface area contributed by atoms with Gasteiger partial charge in [-0.3, -0.25) is 9.59 Å². The van der Waals surface area contributed by atoms with Gasteiger partial charge in [-0.25, -0.2) is 0 Å². The number of para-hydroxylation sites is 1. The first-order valence-corrected chi connectivity index (χ1v) is 8.57. The lowest BCUT2D eigenvalue weighted by Crippen LogP contribution is -2.32. The van der Waals surface area contributed by atoms with E-state index in [4.69, 9.17) is 0 Å². The fourth-order valence-electron chi connectivity index (χ4n) is 3.31. The highest BCUT2D eigenvalue weighted by Gasteiger charge is 2.21. The summed E-state index contributed by atoms with van der Waals surface area (Å²) < 4.78 is 0. The van der Waals surface area contributed by atoms with E-state index in [1.807, 2.05) is 30.5 Å². The fraction of sp³-hybridized carbons (Fsp3) is 0.0952. The molecule has 132 valence electrons. The van der Waals surface area contributed by atoms with Crippen LogP contribution < -0.4 is 5.32 Å². The average molecular weight is 356 g/mol. The molecule has 0 fully saturated rings. The summed E-state index contributed by atoms with van der Waals surface area (Å²) in [6.07, 6.45) is 4.00. The van der Waals surface area contributed by atoms with Gasteiger partial charge in [0.1, 0.15) is 0 Å². The second kappa shape index (κ2) is 6.81. The molecule has 4 rings (SSSR count). The number of aromatic nitrogens is 2. The Balaban J connectivity index is 1.47. The number of carbonyl (C=O) groups is 2. The zero-order valence-electron chi connectivity index (χ0n) is 14.4. The Bertz CT molecular complexity index is 1210. The maximum atomic E-state index is 12.5. The van der Waals surface area contributed by atoms with E-state index in [-0.39, 0.29) is 5.56 Å². The average Bonchev–Trinajstić information content (AvgIpc) is 3.31. The molecule has 3 N–H and O–H groups in total. The molecule has 0 aliphatic rings. The smallest absolute Gasteiger partial charge is 0.292 e. The van der Waals surface area contributed by atoms with Gasteiger partial charge in [0.25, 0.3) is 11.7 Å². The lowest BCUT2D eigenvalue weighted by Gasteiger charge is -2.04. The van der Waals surface area contributed by atoms with Crippen LogP contribution in [0.4, 0.5) is 0 Å². The van der Waals surface area contributed by atoms with Gasteiger partial charge in [-0.15, -0.1) is 0 Å². The van der Waals surface area contributed by atoms with Crippen LogP contribution in [0.5, 0.6) is 0 Å². The normalized spacial score (nSPS) is 10.8. The molecule has 0 unspecified atom stereocenters. The van der Waals surface area contributed by atoms with Crippen LogP contribution in [-0.4, -0.2) is 28.2 Å². The van der Waals surface area contributed by atoms with E-state index in [2.05, 4.69) is 21.4 Å². The van der Waals surface area contributed by atoms with Crippen LogP contribution in [0.1, 0.15) is 21.5 Å². The van der Waals surface area contributed by atoms with Crippen LogP contribution in [-0.2, 0) is 11.2 Å². The van der Waals surface area contributed by atoms with E-state index >= 15 is 0 Å². The molecule has 6 nitrogen and oxygen atoms in total. The van der Waals surface area contributed by atoms with Gasteiger partial charge in [-0.05, 0) is 30.2 Å². The van der Waals surface area contributed by atoms with E-state index in [1.54, 1.807) is 18.2 Å². The quantitative estimate of drug-likeness (QED) is 0.378. The highest BCUT2D eigenvalue weighted by molar-refractivity contribution is 6.45. The fourth-order valence-corrected chi connectivity index (χ4v) is 3.31. The predicted octanol–water partition coefficient (Wildman–Crippen LogP) is 3.06. The van der Waals surface area contributed by atoms with Gasteiger partial charge in [0.15, 0.2) is 0 Å². The van der Waals surface area contributed by atoms with Crippen LogP contribution in [0.2, 0.25) is 0 Å². The Labute approximate surface area is 154 Å². The molecular weight excluding hydrogens is 340 g/mol. The van der Waals surface area contributed by atoms with Gasteiger partial charge in [0.05, 0.1) is 17.2 Å². The summed E-state index contributed by atoms with van der Waals surface area (Å²) in [5, 5.41) is 13.5. The van der Waals surface area contributed by atoms with Crippen molar-refractivity contribution >= 4 is 33.5 Å². The number of rotatable bonds is 5. The summed E-state index contributed by atoms with van der Waals surface area (Å²) in [6, 6.07) is 15.1. The second-order valence-electron chi connectivity index (χ2n) is 6.24. The zero-order valence-corrected chi connectivity index (χ0v) is 14.4. The predicted molar refractivity (Wildman–Crippen MR) is 102 cm³/mol. The third-order valence-corrected chi connectivity index (χ3v) is 4.63. The Hall–Kier alpha value is -3.85. The maximum Gasteiger partial charge on any atom is 0.292 e. The number of amides is 1. The molecular formula is C21H16N4O2. The minimum Gasteiger partial charge on any atom is -0.361 e. The van der Waals surface area contributed by atoms with Crippen molar-refractivity contribution in [3.8, 4) is 6.07 Å². The van der Waals surface area contributed by atoms with Crippen LogP contribution in [0.3, 0.4) is 0 Å². The number of H-pyrrole nitrogens is 2. The van der Waals surface area contributed by atoms with Crippen LogP contribution in [0, 0.1) is 11.3 Å². The van der Waals surface area contributed by atoms with Crippen molar-refractivity contribution in [3.63, 3.8) is 0 Å². The SMILES string of the molecule is N#Cc1cccc2[nH]cc(C(=O)C(=O)NCCc3c[nH]c4ccccc34)c12. The summed E-state index contributed by atoms with van der Waals surface area (Å²) in [6.45, 7) is 0.347. The maximum absolute atomic E-state index is 12.5. The number of ketones is 1. The summed E-state index contributed by atoms with van der Waals surface area (Å²) in [4.78, 5) is 31.0. The molecule has 0 spiro atoms. The van der Waals surface area contributed by atoms with Crippen LogP contribution in [0.15, 0.2) is 54.9 Å². The number of nitrogens with one attached hydrogen (secondary N) is 3. The Morgan fingerprint density at radius 2 is 1.78 bits per heavy atom. The van der Waals surface area contributed by atoms with Crippen molar-refractivity contribution in [2.24, 2.45) is 0 Å². The summed E-state index contributed by atoms with van der Waals surface area (Å²) in [5.41, 5.74) is 3.36. The van der Waals surface area contributed by atoms with Crippen molar-refractivity contribution in [2.45, 2.75) is 6.42 Å². The van der Waals surface area contributed by atoms with Crippen molar-refractivity contribution in [3.05, 3.63) is 71.5 Å². The Kier molecular flexibility index (Phi) is 4.19.